The Bertz CT molecular complexity index is 72.1. The van der Waals surface area contributed by atoms with Gasteiger partial charge in [-0.15, -0.1) is 6.58 Å². The van der Waals surface area contributed by atoms with Crippen LogP contribution in [-0.4, -0.2) is 33.2 Å². The van der Waals surface area contributed by atoms with Gasteiger partial charge in [0.05, 0.1) is 0 Å². The fourth-order valence-corrected chi connectivity index (χ4v) is 0.142. The Balaban J connectivity index is 0. The van der Waals surface area contributed by atoms with Crippen LogP contribution in [-0.2, 0) is 4.79 Å². The predicted molar refractivity (Wildman–Crippen MR) is 29.8 cm³/mol. The number of hydrogen-bond acceptors (Lipinski definition) is 1. The van der Waals surface area contributed by atoms with E-state index in [2.05, 4.69) is 6.58 Å². The second kappa shape index (κ2) is 6.13. The summed E-state index contributed by atoms with van der Waals surface area (Å²) in [7, 11) is 0. The molecule has 2 N–H and O–H groups in total. The van der Waals surface area contributed by atoms with Crippen LogP contribution in [0.15, 0.2) is 12.7 Å². The SMILES string of the molecule is C=CCC(N)=O.[Pb]. The van der Waals surface area contributed by atoms with Crippen LogP contribution in [0.3, 0.4) is 0 Å². The summed E-state index contributed by atoms with van der Waals surface area (Å²) >= 11 is 0. The van der Waals surface area contributed by atoms with Crippen LogP contribution in [0.2, 0.25) is 0 Å². The van der Waals surface area contributed by atoms with Gasteiger partial charge in [-0.1, -0.05) is 6.08 Å². The Hall–Kier alpha value is 0.132. The first-order chi connectivity index (χ1) is 2.77. The largest absolute Gasteiger partial charge is 0.369 e. The number of rotatable bonds is 2. The summed E-state index contributed by atoms with van der Waals surface area (Å²) < 4.78 is 0. The quantitative estimate of drug-likeness (QED) is 0.549. The van der Waals surface area contributed by atoms with Gasteiger partial charge in [-0.25, -0.2) is 0 Å². The molecule has 7 heavy (non-hydrogen) atoms. The predicted octanol–water partition coefficient (Wildman–Crippen LogP) is -0.333. The van der Waals surface area contributed by atoms with E-state index in [4.69, 9.17) is 5.73 Å². The van der Waals surface area contributed by atoms with Crippen molar-refractivity contribution in [3.05, 3.63) is 12.7 Å². The number of carbonyl (C=O) groups excluding carboxylic acids is 1. The normalized spacial score (nSPS) is 6.29. The molecule has 38 valence electrons. The molecule has 0 fully saturated rings. The zero-order chi connectivity index (χ0) is 4.99. The minimum absolute atomic E-state index is 0. The van der Waals surface area contributed by atoms with Crippen LogP contribution >= 0.6 is 0 Å². The average molecular weight is 292 g/mol. The van der Waals surface area contributed by atoms with Gasteiger partial charge in [-0.3, -0.25) is 4.79 Å². The van der Waals surface area contributed by atoms with E-state index < -0.39 is 0 Å². The van der Waals surface area contributed by atoms with Crippen molar-refractivity contribution >= 4 is 33.2 Å². The molecule has 0 aromatic heterocycles. The summed E-state index contributed by atoms with van der Waals surface area (Å²) in [6.07, 6.45) is 1.75. The number of amides is 1. The van der Waals surface area contributed by atoms with Gasteiger partial charge in [0.1, 0.15) is 0 Å². The van der Waals surface area contributed by atoms with Gasteiger partial charge in [0.2, 0.25) is 5.91 Å². The Kier molecular flexibility index (Phi) is 8.92. The molecular formula is C4H7NOPb. The molecule has 0 saturated heterocycles. The molecule has 3 heteroatoms. The van der Waals surface area contributed by atoms with Crippen molar-refractivity contribution in [2.75, 3.05) is 0 Å². The third-order valence-electron chi connectivity index (χ3n) is 0.346. The maximum absolute atomic E-state index is 9.75. The Morgan fingerprint density at radius 2 is 2.29 bits per heavy atom. The summed E-state index contributed by atoms with van der Waals surface area (Å²) in [6.45, 7) is 3.30. The maximum atomic E-state index is 9.75. The van der Waals surface area contributed by atoms with Gasteiger partial charge in [0.25, 0.3) is 0 Å². The third kappa shape index (κ3) is 10.7. The van der Waals surface area contributed by atoms with Gasteiger partial charge in [-0.2, -0.15) is 0 Å². The zero-order valence-electron chi connectivity index (χ0n) is 3.98. The summed E-state index contributed by atoms with van der Waals surface area (Å²) in [5.41, 5.74) is 4.69. The molecule has 0 aromatic carbocycles. The summed E-state index contributed by atoms with van der Waals surface area (Å²) in [5.74, 6) is -0.329. The van der Waals surface area contributed by atoms with Crippen molar-refractivity contribution in [1.82, 2.24) is 0 Å². The number of hydrogen-bond donors (Lipinski definition) is 1. The van der Waals surface area contributed by atoms with Gasteiger partial charge in [0, 0.05) is 33.7 Å². The van der Waals surface area contributed by atoms with Crippen LogP contribution < -0.4 is 5.73 Å². The molecule has 0 saturated carbocycles. The van der Waals surface area contributed by atoms with Crippen molar-refractivity contribution in [2.45, 2.75) is 6.42 Å². The molecule has 2 nitrogen and oxygen atoms in total. The van der Waals surface area contributed by atoms with Crippen LogP contribution in [0.4, 0.5) is 0 Å². The molecule has 0 spiro atoms. The molecule has 0 bridgehead atoms. The topological polar surface area (TPSA) is 43.1 Å². The molecule has 0 aromatic rings. The summed E-state index contributed by atoms with van der Waals surface area (Å²) in [5, 5.41) is 0. The number of primary amides is 1. The molecule has 0 aliphatic carbocycles. The fraction of sp³-hybridized carbons (Fsp3) is 0.250. The van der Waals surface area contributed by atoms with Crippen LogP contribution in [0.25, 0.3) is 0 Å². The van der Waals surface area contributed by atoms with Crippen molar-refractivity contribution in [3.63, 3.8) is 0 Å². The van der Waals surface area contributed by atoms with Crippen LogP contribution in [0, 0.1) is 0 Å². The van der Waals surface area contributed by atoms with Crippen LogP contribution in [0.1, 0.15) is 6.42 Å². The van der Waals surface area contributed by atoms with Crippen molar-refractivity contribution < 1.29 is 4.79 Å². The molecule has 0 rings (SSSR count). The molecule has 0 atom stereocenters. The Morgan fingerprint density at radius 3 is 2.29 bits per heavy atom. The van der Waals surface area contributed by atoms with Crippen molar-refractivity contribution in [3.8, 4) is 0 Å². The van der Waals surface area contributed by atoms with E-state index in [0.717, 1.165) is 0 Å². The smallest absolute Gasteiger partial charge is 0.221 e. The average Bonchev–Trinajstić information content (AvgIpc) is 1.35. The van der Waals surface area contributed by atoms with Crippen molar-refractivity contribution in [1.29, 1.82) is 0 Å². The number of carbonyl (C=O) groups is 1. The van der Waals surface area contributed by atoms with Crippen LogP contribution in [0.5, 0.6) is 0 Å². The van der Waals surface area contributed by atoms with Crippen molar-refractivity contribution in [2.24, 2.45) is 5.73 Å². The Labute approximate surface area is 62.9 Å². The summed E-state index contributed by atoms with van der Waals surface area (Å²) in [6, 6.07) is 0. The second-order valence-corrected chi connectivity index (χ2v) is 0.959. The minimum Gasteiger partial charge on any atom is -0.369 e. The van der Waals surface area contributed by atoms with Gasteiger partial charge in [-0.05, 0) is 0 Å². The molecule has 0 unspecified atom stereocenters. The van der Waals surface area contributed by atoms with E-state index in [9.17, 15) is 4.79 Å². The summed E-state index contributed by atoms with van der Waals surface area (Å²) in [4.78, 5) is 9.75. The molecule has 0 aliphatic heterocycles. The first-order valence-electron chi connectivity index (χ1n) is 1.66. The second-order valence-electron chi connectivity index (χ2n) is 0.959. The fourth-order valence-electron chi connectivity index (χ4n) is 0.142. The maximum Gasteiger partial charge on any atom is 0.221 e. The minimum atomic E-state index is -0.329. The molecule has 0 heterocycles. The Morgan fingerprint density at radius 1 is 1.86 bits per heavy atom. The third-order valence-corrected chi connectivity index (χ3v) is 0.346. The zero-order valence-corrected chi connectivity index (χ0v) is 7.86. The van der Waals surface area contributed by atoms with E-state index >= 15 is 0 Å². The standard InChI is InChI=1S/C4H7NO.Pb/c1-2-3-4(5)6;/h2H,1,3H2,(H2,5,6);. The van der Waals surface area contributed by atoms with Gasteiger partial charge < -0.3 is 5.73 Å². The molecule has 4 radical (unpaired) electrons. The van der Waals surface area contributed by atoms with E-state index in [-0.39, 0.29) is 39.6 Å². The first kappa shape index (κ1) is 10.2. The van der Waals surface area contributed by atoms with E-state index in [0.29, 0.717) is 0 Å². The molecule has 0 aliphatic rings. The van der Waals surface area contributed by atoms with Gasteiger partial charge >= 0.3 is 0 Å². The van der Waals surface area contributed by atoms with E-state index in [1.165, 1.54) is 6.08 Å². The van der Waals surface area contributed by atoms with Gasteiger partial charge in [0.15, 0.2) is 0 Å². The molecular weight excluding hydrogens is 285 g/mol. The molecule has 1 amide bonds. The van der Waals surface area contributed by atoms with E-state index in [1.54, 1.807) is 0 Å². The first-order valence-corrected chi connectivity index (χ1v) is 1.66. The monoisotopic (exact) mass is 293 g/mol. The number of nitrogens with two attached hydrogens (primary N) is 1. The van der Waals surface area contributed by atoms with E-state index in [1.807, 2.05) is 0 Å².